The molecule has 0 aliphatic rings. The lowest BCUT2D eigenvalue weighted by Gasteiger charge is -2.01. The molecule has 0 saturated carbocycles. The van der Waals surface area contributed by atoms with Gasteiger partial charge in [-0.3, -0.25) is 0 Å². The largest absolute Gasteiger partial charge is 0.229 e. The van der Waals surface area contributed by atoms with Gasteiger partial charge in [0.2, 0.25) is 0 Å². The van der Waals surface area contributed by atoms with Crippen LogP contribution < -0.4 is 0 Å². The van der Waals surface area contributed by atoms with Gasteiger partial charge in [-0.05, 0) is 6.42 Å². The monoisotopic (exact) mass is 248 g/mol. The third-order valence-corrected chi connectivity index (χ3v) is 4.56. The molecule has 0 aliphatic heterocycles. The molecule has 0 amide bonds. The Morgan fingerprint density at radius 2 is 1.54 bits per heavy atom. The maximum atomic E-state index is 11.1. The van der Waals surface area contributed by atoms with Gasteiger partial charge < -0.3 is 0 Å². The topological polar surface area (TPSA) is 68.3 Å². The molecule has 0 aliphatic carbocycles. The van der Waals surface area contributed by atoms with Gasteiger partial charge in [-0.1, -0.05) is 0 Å². The van der Waals surface area contributed by atoms with E-state index in [1.165, 1.54) is 0 Å². The van der Waals surface area contributed by atoms with E-state index in [1.807, 2.05) is 0 Å². The van der Waals surface area contributed by atoms with Crippen molar-refractivity contribution >= 4 is 31.3 Å². The third-order valence-electron chi connectivity index (χ3n) is 1.35. The number of sulfone groups is 2. The van der Waals surface area contributed by atoms with Crippen molar-refractivity contribution in [3.05, 3.63) is 0 Å². The van der Waals surface area contributed by atoms with Crippen molar-refractivity contribution in [2.75, 3.05) is 29.4 Å². The fraction of sp³-hybridized carbons (Fsp3) is 1.00. The Labute approximate surface area is 84.1 Å². The Balaban J connectivity index is 4.05. The van der Waals surface area contributed by atoms with Gasteiger partial charge in [0, 0.05) is 12.1 Å². The van der Waals surface area contributed by atoms with Crippen LogP contribution in [0.2, 0.25) is 0 Å². The van der Waals surface area contributed by atoms with Crippen molar-refractivity contribution in [2.45, 2.75) is 6.42 Å². The van der Waals surface area contributed by atoms with Gasteiger partial charge in [0.1, 0.15) is 9.84 Å². The molecule has 0 saturated heterocycles. The Kier molecular flexibility index (Phi) is 5.24. The molecular weight excluding hydrogens is 236 g/mol. The summed E-state index contributed by atoms with van der Waals surface area (Å²) in [6, 6.07) is 0. The van der Waals surface area contributed by atoms with Crippen LogP contribution in [0.25, 0.3) is 0 Å². The number of hydrogen-bond acceptors (Lipinski definition) is 4. The van der Waals surface area contributed by atoms with Gasteiger partial charge in [-0.2, -0.15) is 0 Å². The first-order valence-electron chi connectivity index (χ1n) is 3.71. The van der Waals surface area contributed by atoms with Crippen LogP contribution in [0.3, 0.4) is 0 Å². The maximum absolute atomic E-state index is 11.1. The maximum Gasteiger partial charge on any atom is 0.151 e. The fourth-order valence-corrected chi connectivity index (χ4v) is 3.96. The van der Waals surface area contributed by atoms with Gasteiger partial charge in [-0.15, -0.1) is 11.6 Å². The van der Waals surface area contributed by atoms with Gasteiger partial charge in [0.05, 0.1) is 17.3 Å². The van der Waals surface area contributed by atoms with Gasteiger partial charge in [0.25, 0.3) is 0 Å². The summed E-state index contributed by atoms with van der Waals surface area (Å²) in [5.41, 5.74) is 0. The zero-order valence-electron chi connectivity index (χ0n) is 7.36. The van der Waals surface area contributed by atoms with Gasteiger partial charge in [0.15, 0.2) is 9.84 Å². The van der Waals surface area contributed by atoms with Crippen LogP contribution in [-0.2, 0) is 19.7 Å². The summed E-state index contributed by atoms with van der Waals surface area (Å²) >= 11 is 5.31. The second-order valence-electron chi connectivity index (χ2n) is 2.82. The van der Waals surface area contributed by atoms with Gasteiger partial charge in [-0.25, -0.2) is 16.8 Å². The van der Waals surface area contributed by atoms with E-state index in [4.69, 9.17) is 11.6 Å². The average molecular weight is 249 g/mol. The molecule has 0 bridgehead atoms. The molecule has 0 N–H and O–H groups in total. The smallest absolute Gasteiger partial charge is 0.151 e. The van der Waals surface area contributed by atoms with E-state index < -0.39 is 19.7 Å². The van der Waals surface area contributed by atoms with Crippen molar-refractivity contribution in [3.63, 3.8) is 0 Å². The van der Waals surface area contributed by atoms with Crippen LogP contribution in [0.15, 0.2) is 0 Å². The van der Waals surface area contributed by atoms with Crippen LogP contribution in [0.1, 0.15) is 6.42 Å². The number of hydrogen-bond donors (Lipinski definition) is 0. The molecule has 0 radical (unpaired) electrons. The molecule has 0 aromatic heterocycles. The van der Waals surface area contributed by atoms with Gasteiger partial charge >= 0.3 is 0 Å². The quantitative estimate of drug-likeness (QED) is 0.624. The molecular formula is C6H13ClO4S2. The highest BCUT2D eigenvalue weighted by Crippen LogP contribution is 1.97. The predicted octanol–water partition coefficient (Wildman–Crippen LogP) is 0.0747. The van der Waals surface area contributed by atoms with Crippen molar-refractivity contribution < 1.29 is 16.8 Å². The second kappa shape index (κ2) is 5.17. The van der Waals surface area contributed by atoms with Crippen molar-refractivity contribution in [3.8, 4) is 0 Å². The summed E-state index contributed by atoms with van der Waals surface area (Å²) in [5, 5.41) is 0. The highest BCUT2D eigenvalue weighted by molar-refractivity contribution is 7.94. The zero-order chi connectivity index (χ0) is 10.5. The summed E-state index contributed by atoms with van der Waals surface area (Å²) in [6.45, 7) is 0. The van der Waals surface area contributed by atoms with E-state index in [9.17, 15) is 16.8 Å². The molecule has 0 aromatic carbocycles. The standard InChI is InChI=1S/C6H13ClO4S2/c1-12(8,9)5-6-13(10,11)4-2-3-7/h2-6H2,1H3. The van der Waals surface area contributed by atoms with E-state index in [-0.39, 0.29) is 23.1 Å². The molecule has 80 valence electrons. The lowest BCUT2D eigenvalue weighted by molar-refractivity contribution is 0.589. The molecule has 0 aromatic rings. The molecule has 0 atom stereocenters. The minimum Gasteiger partial charge on any atom is -0.229 e. The lowest BCUT2D eigenvalue weighted by Crippen LogP contribution is -2.18. The van der Waals surface area contributed by atoms with E-state index in [1.54, 1.807) is 0 Å². The summed E-state index contributed by atoms with van der Waals surface area (Å²) in [4.78, 5) is 0. The van der Waals surface area contributed by atoms with Crippen LogP contribution in [0, 0.1) is 0 Å². The van der Waals surface area contributed by atoms with Crippen LogP contribution in [0.5, 0.6) is 0 Å². The first-order chi connectivity index (χ1) is 5.77. The minimum atomic E-state index is -3.24. The third kappa shape index (κ3) is 8.52. The van der Waals surface area contributed by atoms with E-state index in [0.29, 0.717) is 6.42 Å². The Morgan fingerprint density at radius 1 is 1.00 bits per heavy atom. The highest BCUT2D eigenvalue weighted by atomic mass is 35.5. The molecule has 0 spiro atoms. The van der Waals surface area contributed by atoms with Crippen LogP contribution >= 0.6 is 11.6 Å². The first kappa shape index (κ1) is 13.2. The Hall–Kier alpha value is 0.190. The molecule has 0 rings (SSSR count). The SMILES string of the molecule is CS(=O)(=O)CCS(=O)(=O)CCCCl. The summed E-state index contributed by atoms with van der Waals surface area (Å²) in [7, 11) is -6.44. The summed E-state index contributed by atoms with van der Waals surface area (Å²) in [6.07, 6.45) is 1.39. The Bertz CT molecular complexity index is 330. The van der Waals surface area contributed by atoms with Crippen LogP contribution in [-0.4, -0.2) is 46.2 Å². The Morgan fingerprint density at radius 3 is 1.92 bits per heavy atom. The summed E-state index contributed by atoms with van der Waals surface area (Å²) < 4.78 is 43.5. The first-order valence-corrected chi connectivity index (χ1v) is 8.12. The minimum absolute atomic E-state index is 0.0357. The zero-order valence-corrected chi connectivity index (χ0v) is 9.75. The molecule has 4 nitrogen and oxygen atoms in total. The van der Waals surface area contributed by atoms with E-state index >= 15 is 0 Å². The fourth-order valence-electron chi connectivity index (χ4n) is 0.655. The normalized spacial score (nSPS) is 13.1. The molecule has 0 unspecified atom stereocenters. The number of alkyl halides is 1. The lowest BCUT2D eigenvalue weighted by atomic mass is 10.6. The van der Waals surface area contributed by atoms with Crippen molar-refractivity contribution in [1.82, 2.24) is 0 Å². The molecule has 7 heteroatoms. The molecule has 0 heterocycles. The van der Waals surface area contributed by atoms with Crippen molar-refractivity contribution in [2.24, 2.45) is 0 Å². The van der Waals surface area contributed by atoms with E-state index in [0.717, 1.165) is 6.26 Å². The van der Waals surface area contributed by atoms with Crippen LogP contribution in [0.4, 0.5) is 0 Å². The number of halogens is 1. The predicted molar refractivity (Wildman–Crippen MR) is 53.7 cm³/mol. The molecule has 0 fully saturated rings. The second-order valence-corrected chi connectivity index (χ2v) is 7.77. The highest BCUT2D eigenvalue weighted by Gasteiger charge is 2.13. The average Bonchev–Trinajstić information content (AvgIpc) is 1.97. The van der Waals surface area contributed by atoms with Crippen molar-refractivity contribution in [1.29, 1.82) is 0 Å². The van der Waals surface area contributed by atoms with E-state index in [2.05, 4.69) is 0 Å². The molecule has 13 heavy (non-hydrogen) atoms. The number of rotatable bonds is 6. The summed E-state index contributed by atoms with van der Waals surface area (Å²) in [5.74, 6) is -0.371.